The van der Waals surface area contributed by atoms with Crippen LogP contribution >= 0.6 is 11.8 Å². The summed E-state index contributed by atoms with van der Waals surface area (Å²) in [5, 5.41) is 3.49. The van der Waals surface area contributed by atoms with Crippen LogP contribution in [-0.4, -0.2) is 46.9 Å². The minimum Gasteiger partial charge on any atom is -0.372 e. The molecule has 2 atom stereocenters. The normalized spacial score (nSPS) is 19.1. The number of carbonyl (C=O) groups is 1. The van der Waals surface area contributed by atoms with Crippen molar-refractivity contribution in [3.05, 3.63) is 54.3 Å². The lowest BCUT2D eigenvalue weighted by Gasteiger charge is -2.36. The summed E-state index contributed by atoms with van der Waals surface area (Å²) in [4.78, 5) is 24.2. The standard InChI is InChI=1S/C22H23FN4O2S/c1-14-11-27(12-15(2)29-14)21-22(26-19-6-4-3-5-18(19)25-21)30-13-20(28)24-17-9-7-16(23)8-10-17/h3-10,14-15H,11-13H2,1-2H3,(H,24,28)/t14-,15-/m0/s1. The third kappa shape index (κ3) is 4.88. The molecule has 0 aliphatic carbocycles. The van der Waals surface area contributed by atoms with Crippen LogP contribution in [0.3, 0.4) is 0 Å². The molecule has 8 heteroatoms. The van der Waals surface area contributed by atoms with E-state index in [0.717, 1.165) is 16.9 Å². The van der Waals surface area contributed by atoms with E-state index in [-0.39, 0.29) is 29.7 Å². The third-order valence-electron chi connectivity index (χ3n) is 4.71. The number of rotatable bonds is 5. The molecule has 156 valence electrons. The van der Waals surface area contributed by atoms with E-state index in [4.69, 9.17) is 14.7 Å². The summed E-state index contributed by atoms with van der Waals surface area (Å²) in [5.41, 5.74) is 2.17. The molecule has 4 rings (SSSR count). The van der Waals surface area contributed by atoms with Crippen molar-refractivity contribution in [3.8, 4) is 0 Å². The number of amides is 1. The first-order valence-electron chi connectivity index (χ1n) is 9.83. The van der Waals surface area contributed by atoms with E-state index in [2.05, 4.69) is 10.2 Å². The van der Waals surface area contributed by atoms with E-state index in [1.807, 2.05) is 38.1 Å². The monoisotopic (exact) mass is 426 g/mol. The van der Waals surface area contributed by atoms with Crippen LogP contribution in [0.4, 0.5) is 15.9 Å². The topological polar surface area (TPSA) is 67.4 Å². The molecule has 0 radical (unpaired) electrons. The molecular weight excluding hydrogens is 403 g/mol. The van der Waals surface area contributed by atoms with Crippen LogP contribution in [0, 0.1) is 5.82 Å². The van der Waals surface area contributed by atoms with Crippen LogP contribution < -0.4 is 10.2 Å². The number of nitrogens with zero attached hydrogens (tertiary/aromatic N) is 3. The van der Waals surface area contributed by atoms with Gasteiger partial charge in [0.2, 0.25) is 5.91 Å². The van der Waals surface area contributed by atoms with Crippen molar-refractivity contribution in [2.24, 2.45) is 0 Å². The number of thioether (sulfide) groups is 1. The molecule has 30 heavy (non-hydrogen) atoms. The number of hydrogen-bond donors (Lipinski definition) is 1. The Bertz CT molecular complexity index is 1040. The predicted octanol–water partition coefficient (Wildman–Crippen LogP) is 4.11. The van der Waals surface area contributed by atoms with Crippen molar-refractivity contribution in [2.45, 2.75) is 31.1 Å². The van der Waals surface area contributed by atoms with Gasteiger partial charge in [-0.15, -0.1) is 0 Å². The lowest BCUT2D eigenvalue weighted by atomic mass is 10.2. The zero-order valence-corrected chi connectivity index (χ0v) is 17.7. The van der Waals surface area contributed by atoms with Crippen LogP contribution in [0.5, 0.6) is 0 Å². The Morgan fingerprint density at radius 1 is 1.10 bits per heavy atom. The number of fused-ring (bicyclic) bond motifs is 1. The maximum atomic E-state index is 13.1. The maximum absolute atomic E-state index is 13.1. The molecule has 0 spiro atoms. The molecule has 1 aliphatic rings. The summed E-state index contributed by atoms with van der Waals surface area (Å²) >= 11 is 1.35. The summed E-state index contributed by atoms with van der Waals surface area (Å²) in [6.45, 7) is 5.51. The van der Waals surface area contributed by atoms with Gasteiger partial charge in [-0.1, -0.05) is 23.9 Å². The highest BCUT2D eigenvalue weighted by Crippen LogP contribution is 2.31. The molecule has 1 fully saturated rings. The average molecular weight is 427 g/mol. The van der Waals surface area contributed by atoms with Crippen LogP contribution in [0.25, 0.3) is 11.0 Å². The van der Waals surface area contributed by atoms with Gasteiger partial charge < -0.3 is 15.0 Å². The van der Waals surface area contributed by atoms with E-state index in [9.17, 15) is 9.18 Å². The highest BCUT2D eigenvalue weighted by molar-refractivity contribution is 8.00. The van der Waals surface area contributed by atoms with Crippen molar-refractivity contribution in [1.29, 1.82) is 0 Å². The molecule has 1 amide bonds. The summed E-state index contributed by atoms with van der Waals surface area (Å²) in [6.07, 6.45) is 0.170. The summed E-state index contributed by atoms with van der Waals surface area (Å²) in [7, 11) is 0. The van der Waals surface area contributed by atoms with E-state index >= 15 is 0 Å². The quantitative estimate of drug-likeness (QED) is 0.620. The van der Waals surface area contributed by atoms with Crippen molar-refractivity contribution in [2.75, 3.05) is 29.1 Å². The maximum Gasteiger partial charge on any atom is 0.234 e. The molecule has 0 saturated carbocycles. The first-order valence-corrected chi connectivity index (χ1v) is 10.8. The predicted molar refractivity (Wildman–Crippen MR) is 118 cm³/mol. The molecule has 0 bridgehead atoms. The Kier molecular flexibility index (Phi) is 6.15. The molecule has 3 aromatic rings. The molecule has 2 aromatic carbocycles. The molecule has 1 aliphatic heterocycles. The van der Waals surface area contributed by atoms with Gasteiger partial charge in [-0.25, -0.2) is 14.4 Å². The molecule has 1 aromatic heterocycles. The van der Waals surface area contributed by atoms with Gasteiger partial charge in [-0.3, -0.25) is 4.79 Å². The number of para-hydroxylation sites is 2. The Morgan fingerprint density at radius 3 is 2.40 bits per heavy atom. The van der Waals surface area contributed by atoms with Gasteiger partial charge in [0.15, 0.2) is 5.82 Å². The summed E-state index contributed by atoms with van der Waals surface area (Å²) in [5.74, 6) is 0.422. The van der Waals surface area contributed by atoms with Gasteiger partial charge in [-0.2, -0.15) is 0 Å². The SMILES string of the molecule is C[C@H]1CN(c2nc3ccccc3nc2SCC(=O)Nc2ccc(F)cc2)C[C@H](C)O1. The second-order valence-electron chi connectivity index (χ2n) is 7.35. The molecular formula is C22H23FN4O2S. The van der Waals surface area contributed by atoms with Crippen molar-refractivity contribution >= 4 is 40.2 Å². The van der Waals surface area contributed by atoms with Crippen LogP contribution in [0.1, 0.15) is 13.8 Å². The average Bonchev–Trinajstić information content (AvgIpc) is 2.72. The Balaban J connectivity index is 1.55. The van der Waals surface area contributed by atoms with Gasteiger partial charge in [0.25, 0.3) is 0 Å². The minimum atomic E-state index is -0.340. The van der Waals surface area contributed by atoms with E-state index < -0.39 is 0 Å². The van der Waals surface area contributed by atoms with Gasteiger partial charge in [-0.05, 0) is 50.2 Å². The number of ether oxygens (including phenoxy) is 1. The Morgan fingerprint density at radius 2 is 1.73 bits per heavy atom. The highest BCUT2D eigenvalue weighted by Gasteiger charge is 2.26. The Labute approximate surface area is 178 Å². The molecule has 1 N–H and O–H groups in total. The number of carbonyl (C=O) groups excluding carboxylic acids is 1. The van der Waals surface area contributed by atoms with Gasteiger partial charge >= 0.3 is 0 Å². The second-order valence-corrected chi connectivity index (χ2v) is 8.31. The number of aromatic nitrogens is 2. The number of hydrogen-bond acceptors (Lipinski definition) is 6. The number of nitrogens with one attached hydrogen (secondary N) is 1. The fraction of sp³-hybridized carbons (Fsp3) is 0.318. The lowest BCUT2D eigenvalue weighted by Crippen LogP contribution is -2.46. The fourth-order valence-electron chi connectivity index (χ4n) is 3.49. The van der Waals surface area contributed by atoms with E-state index in [0.29, 0.717) is 23.8 Å². The zero-order valence-electron chi connectivity index (χ0n) is 16.8. The second kappa shape index (κ2) is 8.97. The van der Waals surface area contributed by atoms with Gasteiger partial charge in [0.1, 0.15) is 10.8 Å². The smallest absolute Gasteiger partial charge is 0.234 e. The third-order valence-corrected chi connectivity index (χ3v) is 5.66. The van der Waals surface area contributed by atoms with Crippen molar-refractivity contribution in [3.63, 3.8) is 0 Å². The van der Waals surface area contributed by atoms with Gasteiger partial charge in [0, 0.05) is 18.8 Å². The fourth-order valence-corrected chi connectivity index (χ4v) is 4.30. The Hall–Kier alpha value is -2.71. The first kappa shape index (κ1) is 20.6. The number of benzene rings is 2. The lowest BCUT2D eigenvalue weighted by molar-refractivity contribution is -0.113. The molecule has 1 saturated heterocycles. The number of halogens is 1. The van der Waals surface area contributed by atoms with E-state index in [1.165, 1.54) is 36.0 Å². The molecule has 0 unspecified atom stereocenters. The first-order chi connectivity index (χ1) is 14.5. The molecule has 2 heterocycles. The van der Waals surface area contributed by atoms with Crippen LogP contribution in [0.2, 0.25) is 0 Å². The van der Waals surface area contributed by atoms with Gasteiger partial charge in [0.05, 0.1) is 29.0 Å². The minimum absolute atomic E-state index is 0.0849. The van der Waals surface area contributed by atoms with E-state index in [1.54, 1.807) is 0 Å². The zero-order chi connectivity index (χ0) is 21.1. The number of anilines is 2. The van der Waals surface area contributed by atoms with Crippen LogP contribution in [0.15, 0.2) is 53.6 Å². The largest absolute Gasteiger partial charge is 0.372 e. The summed E-state index contributed by atoms with van der Waals surface area (Å²) < 4.78 is 18.9. The highest BCUT2D eigenvalue weighted by atomic mass is 32.2. The van der Waals surface area contributed by atoms with Crippen LogP contribution in [-0.2, 0) is 9.53 Å². The molecule has 6 nitrogen and oxygen atoms in total. The summed E-state index contributed by atoms with van der Waals surface area (Å²) in [6, 6.07) is 13.4. The van der Waals surface area contributed by atoms with Crippen molar-refractivity contribution < 1.29 is 13.9 Å². The van der Waals surface area contributed by atoms with Crippen molar-refractivity contribution in [1.82, 2.24) is 9.97 Å². The number of morpholine rings is 1.